The van der Waals surface area contributed by atoms with Gasteiger partial charge in [0, 0.05) is 17.6 Å². The molecular weight excluding hydrogens is 378 g/mol. The van der Waals surface area contributed by atoms with Crippen LogP contribution in [0.5, 0.6) is 5.75 Å². The Hall–Kier alpha value is -1.37. The molecule has 0 aliphatic rings. The summed E-state index contributed by atoms with van der Waals surface area (Å²) in [5.74, 6) is 0.777. The van der Waals surface area contributed by atoms with Crippen molar-refractivity contribution in [3.63, 3.8) is 0 Å². The van der Waals surface area contributed by atoms with E-state index in [9.17, 15) is 9.90 Å². The second-order valence-corrected chi connectivity index (χ2v) is 6.79. The number of rotatable bonds is 8. The minimum Gasteiger partial charge on any atom is -0.497 e. The summed E-state index contributed by atoms with van der Waals surface area (Å²) in [5.41, 5.74) is 1.78. The van der Waals surface area contributed by atoms with E-state index in [1.807, 2.05) is 5.38 Å². The minimum atomic E-state index is -0.135. The number of ether oxygens (including phenoxy) is 1. The van der Waals surface area contributed by atoms with Crippen LogP contribution in [-0.2, 0) is 0 Å². The van der Waals surface area contributed by atoms with Gasteiger partial charge in [-0.25, -0.2) is 0 Å². The third kappa shape index (κ3) is 5.06. The fraction of sp³-hybridized carbons (Fsp3) is 0.353. The largest absolute Gasteiger partial charge is 0.497 e. The van der Waals surface area contributed by atoms with Crippen molar-refractivity contribution in [2.75, 3.05) is 20.3 Å². The highest BCUT2D eigenvalue weighted by Gasteiger charge is 2.14. The van der Waals surface area contributed by atoms with Crippen LogP contribution < -0.4 is 10.1 Å². The standard InChI is InChI=1S/C17H20BrNO3S/c1-22-14-2-3-16(18)15(10-14)17(21)19-7-4-12(5-8-20)13-6-9-23-11-13/h2-3,6,9-12,20H,4-5,7-8H2,1H3,(H,19,21). The zero-order valence-corrected chi connectivity index (χ0v) is 15.3. The zero-order chi connectivity index (χ0) is 16.7. The number of aliphatic hydroxyl groups excluding tert-OH is 1. The normalized spacial score (nSPS) is 12.0. The van der Waals surface area contributed by atoms with Crippen molar-refractivity contribution in [1.29, 1.82) is 0 Å². The second kappa shape index (κ2) is 9.05. The molecule has 0 spiro atoms. The first-order chi connectivity index (χ1) is 11.2. The molecule has 2 N–H and O–H groups in total. The molecule has 6 heteroatoms. The van der Waals surface area contributed by atoms with E-state index in [1.54, 1.807) is 36.6 Å². The van der Waals surface area contributed by atoms with E-state index in [0.29, 0.717) is 24.3 Å². The average molecular weight is 398 g/mol. The van der Waals surface area contributed by atoms with Crippen molar-refractivity contribution < 1.29 is 14.6 Å². The molecule has 0 saturated heterocycles. The number of carbonyl (C=O) groups excluding carboxylic acids is 1. The van der Waals surface area contributed by atoms with Gasteiger partial charge in [-0.15, -0.1) is 0 Å². The first-order valence-electron chi connectivity index (χ1n) is 7.40. The molecule has 0 aliphatic heterocycles. The van der Waals surface area contributed by atoms with Crippen LogP contribution >= 0.6 is 27.3 Å². The average Bonchev–Trinajstić information content (AvgIpc) is 3.08. The van der Waals surface area contributed by atoms with Crippen molar-refractivity contribution in [3.8, 4) is 5.75 Å². The van der Waals surface area contributed by atoms with Crippen LogP contribution in [-0.4, -0.2) is 31.3 Å². The van der Waals surface area contributed by atoms with Crippen LogP contribution in [0, 0.1) is 0 Å². The van der Waals surface area contributed by atoms with E-state index in [0.717, 1.165) is 10.9 Å². The molecule has 1 atom stereocenters. The minimum absolute atomic E-state index is 0.135. The van der Waals surface area contributed by atoms with Crippen LogP contribution in [0.1, 0.15) is 34.7 Å². The summed E-state index contributed by atoms with van der Waals surface area (Å²) in [6.45, 7) is 0.707. The molecule has 1 unspecified atom stereocenters. The van der Waals surface area contributed by atoms with Gasteiger partial charge in [0.05, 0.1) is 12.7 Å². The molecule has 1 aromatic heterocycles. The smallest absolute Gasteiger partial charge is 0.252 e. The number of thiophene rings is 1. The van der Waals surface area contributed by atoms with Gasteiger partial charge >= 0.3 is 0 Å². The Morgan fingerprint density at radius 1 is 1.39 bits per heavy atom. The summed E-state index contributed by atoms with van der Waals surface area (Å²) in [6, 6.07) is 7.39. The van der Waals surface area contributed by atoms with Gasteiger partial charge < -0.3 is 15.2 Å². The van der Waals surface area contributed by atoms with Crippen LogP contribution in [0.3, 0.4) is 0 Å². The van der Waals surface area contributed by atoms with Gasteiger partial charge in [-0.05, 0) is 75.3 Å². The molecule has 2 rings (SSSR count). The SMILES string of the molecule is COc1ccc(Br)c(C(=O)NCCC(CCO)c2ccsc2)c1. The third-order valence-corrected chi connectivity index (χ3v) is 5.08. The number of nitrogens with one attached hydrogen (secondary N) is 1. The number of hydrogen-bond donors (Lipinski definition) is 2. The van der Waals surface area contributed by atoms with E-state index < -0.39 is 0 Å². The fourth-order valence-electron chi connectivity index (χ4n) is 2.40. The van der Waals surface area contributed by atoms with Gasteiger partial charge in [-0.2, -0.15) is 11.3 Å². The summed E-state index contributed by atoms with van der Waals surface area (Å²) in [5, 5.41) is 16.3. The van der Waals surface area contributed by atoms with Crippen molar-refractivity contribution in [2.45, 2.75) is 18.8 Å². The summed E-state index contributed by atoms with van der Waals surface area (Å²) < 4.78 is 5.89. The van der Waals surface area contributed by atoms with Gasteiger partial charge in [-0.1, -0.05) is 0 Å². The molecule has 1 heterocycles. The number of methoxy groups -OCH3 is 1. The molecule has 1 aromatic carbocycles. The lowest BCUT2D eigenvalue weighted by Gasteiger charge is -2.15. The number of carbonyl (C=O) groups is 1. The van der Waals surface area contributed by atoms with Gasteiger partial charge in [0.2, 0.25) is 0 Å². The maximum Gasteiger partial charge on any atom is 0.252 e. The molecule has 0 aliphatic carbocycles. The highest BCUT2D eigenvalue weighted by molar-refractivity contribution is 9.10. The number of benzene rings is 1. The number of amides is 1. The summed E-state index contributed by atoms with van der Waals surface area (Å²) in [4.78, 5) is 12.3. The van der Waals surface area contributed by atoms with Crippen molar-refractivity contribution in [1.82, 2.24) is 5.32 Å². The fourth-order valence-corrected chi connectivity index (χ4v) is 3.57. The van der Waals surface area contributed by atoms with E-state index >= 15 is 0 Å². The molecule has 4 nitrogen and oxygen atoms in total. The van der Waals surface area contributed by atoms with Gasteiger partial charge in [-0.3, -0.25) is 4.79 Å². The van der Waals surface area contributed by atoms with E-state index in [-0.39, 0.29) is 18.4 Å². The maximum atomic E-state index is 12.3. The molecule has 0 bridgehead atoms. The van der Waals surface area contributed by atoms with Crippen molar-refractivity contribution in [2.24, 2.45) is 0 Å². The van der Waals surface area contributed by atoms with Gasteiger partial charge in [0.25, 0.3) is 5.91 Å². The number of aliphatic hydroxyl groups is 1. The molecule has 0 fully saturated rings. The third-order valence-electron chi connectivity index (χ3n) is 3.69. The zero-order valence-electron chi connectivity index (χ0n) is 12.9. The topological polar surface area (TPSA) is 58.6 Å². The second-order valence-electron chi connectivity index (χ2n) is 5.16. The first-order valence-corrected chi connectivity index (χ1v) is 9.14. The number of halogens is 1. The van der Waals surface area contributed by atoms with Crippen molar-refractivity contribution >= 4 is 33.2 Å². The molecule has 0 saturated carbocycles. The van der Waals surface area contributed by atoms with Gasteiger partial charge in [0.1, 0.15) is 5.75 Å². The van der Waals surface area contributed by atoms with E-state index in [1.165, 1.54) is 5.56 Å². The van der Waals surface area contributed by atoms with Crippen molar-refractivity contribution in [3.05, 3.63) is 50.6 Å². The molecule has 124 valence electrons. The Bertz CT molecular complexity index is 631. The lowest BCUT2D eigenvalue weighted by molar-refractivity contribution is 0.0951. The van der Waals surface area contributed by atoms with Crippen LogP contribution in [0.2, 0.25) is 0 Å². The van der Waals surface area contributed by atoms with Crippen LogP contribution in [0.25, 0.3) is 0 Å². The Balaban J connectivity index is 1.93. The summed E-state index contributed by atoms with van der Waals surface area (Å²) in [7, 11) is 1.57. The predicted molar refractivity (Wildman–Crippen MR) is 96.4 cm³/mol. The molecular formula is C17H20BrNO3S. The van der Waals surface area contributed by atoms with Crippen LogP contribution in [0.15, 0.2) is 39.5 Å². The summed E-state index contributed by atoms with van der Waals surface area (Å²) >= 11 is 5.04. The number of hydrogen-bond acceptors (Lipinski definition) is 4. The quantitative estimate of drug-likeness (QED) is 0.711. The van der Waals surface area contributed by atoms with Crippen LogP contribution in [0.4, 0.5) is 0 Å². The van der Waals surface area contributed by atoms with E-state index in [2.05, 4.69) is 32.7 Å². The Morgan fingerprint density at radius 3 is 2.87 bits per heavy atom. The lowest BCUT2D eigenvalue weighted by Crippen LogP contribution is -2.26. The Morgan fingerprint density at radius 2 is 2.22 bits per heavy atom. The monoisotopic (exact) mass is 397 g/mol. The summed E-state index contributed by atoms with van der Waals surface area (Å²) in [6.07, 6.45) is 1.50. The van der Waals surface area contributed by atoms with Gasteiger partial charge in [0.15, 0.2) is 0 Å². The maximum absolute atomic E-state index is 12.3. The highest BCUT2D eigenvalue weighted by Crippen LogP contribution is 2.25. The molecule has 1 amide bonds. The van der Waals surface area contributed by atoms with E-state index in [4.69, 9.17) is 4.74 Å². The lowest BCUT2D eigenvalue weighted by atomic mass is 9.95. The predicted octanol–water partition coefficient (Wildman–Crippen LogP) is 3.81. The molecule has 2 aromatic rings. The highest BCUT2D eigenvalue weighted by atomic mass is 79.9. The molecule has 0 radical (unpaired) electrons. The Kier molecular flexibility index (Phi) is 7.08. The first kappa shape index (κ1) is 18.0. The Labute approximate surface area is 148 Å². The molecule has 23 heavy (non-hydrogen) atoms.